The van der Waals surface area contributed by atoms with Gasteiger partial charge in [0, 0.05) is 11.9 Å². The van der Waals surface area contributed by atoms with Crippen LogP contribution in [0.2, 0.25) is 0 Å². The molecule has 15 heteroatoms. The van der Waals surface area contributed by atoms with Crippen LogP contribution in [0, 0.1) is 5.41 Å². The van der Waals surface area contributed by atoms with Gasteiger partial charge in [0.15, 0.2) is 11.9 Å². The minimum Gasteiger partial charge on any atom is -0.481 e. The van der Waals surface area contributed by atoms with E-state index in [0.717, 1.165) is 17.7 Å². The number of rotatable bonds is 8. The third kappa shape index (κ3) is 7.59. The molecule has 2 heterocycles. The van der Waals surface area contributed by atoms with E-state index in [1.807, 2.05) is 6.08 Å². The van der Waals surface area contributed by atoms with Crippen molar-refractivity contribution in [2.75, 3.05) is 17.2 Å². The Hall–Kier alpha value is -4.34. The fraction of sp³-hybridized carbons (Fsp3) is 0.483. The fourth-order valence-electron chi connectivity index (χ4n) is 4.93. The second-order valence-corrected chi connectivity index (χ2v) is 11.1. The summed E-state index contributed by atoms with van der Waals surface area (Å²) in [6.45, 7) is 1.93. The number of hydrogen-bond donors (Lipinski definition) is 5. The van der Waals surface area contributed by atoms with Crippen LogP contribution in [0.25, 0.3) is 0 Å². The smallest absolute Gasteiger partial charge is 0.413 e. The van der Waals surface area contributed by atoms with Gasteiger partial charge < -0.3 is 29.5 Å². The number of halogens is 1. The lowest BCUT2D eigenvalue weighted by molar-refractivity contribution is -0.149. The van der Waals surface area contributed by atoms with Gasteiger partial charge in [0.05, 0.1) is 12.0 Å². The molecule has 5 N–H and O–H groups in total. The van der Waals surface area contributed by atoms with Crippen LogP contribution in [0.15, 0.2) is 53.5 Å². The number of benzene rings is 1. The lowest BCUT2D eigenvalue weighted by atomic mass is 9.79. The molecular formula is C29H35FN4O10. The first-order chi connectivity index (χ1) is 20.8. The molecule has 44 heavy (non-hydrogen) atoms. The van der Waals surface area contributed by atoms with Gasteiger partial charge in [0.25, 0.3) is 0 Å². The second kappa shape index (κ2) is 13.5. The van der Waals surface area contributed by atoms with E-state index in [2.05, 4.69) is 15.6 Å². The first-order valence-electron chi connectivity index (χ1n) is 14.0. The van der Waals surface area contributed by atoms with Gasteiger partial charge in [-0.25, -0.2) is 18.8 Å². The Balaban J connectivity index is 1.25. The van der Waals surface area contributed by atoms with E-state index in [9.17, 15) is 38.9 Å². The number of aliphatic hydroxyl groups excluding tert-OH is 2. The van der Waals surface area contributed by atoms with Crippen molar-refractivity contribution in [3.8, 4) is 0 Å². The number of nitrogens with one attached hydrogen (secondary N) is 2. The molecule has 0 saturated carbocycles. The summed E-state index contributed by atoms with van der Waals surface area (Å²) in [6.07, 6.45) is -0.0634. The fourth-order valence-corrected chi connectivity index (χ4v) is 4.93. The zero-order valence-corrected chi connectivity index (χ0v) is 24.1. The van der Waals surface area contributed by atoms with E-state index < -0.39 is 66.1 Å². The molecule has 1 saturated heterocycles. The minimum absolute atomic E-state index is 0.153. The van der Waals surface area contributed by atoms with Crippen LogP contribution >= 0.6 is 0 Å². The molecule has 0 radical (unpaired) electrons. The standard InChI is InChI=1S/C29H35FN4O10/c1-28(24(37)38)12-4-3-5-19(10-13-28)43-27(41)31-18-8-6-17(7-9-18)16-42-26(40)33-21-11-14-34(25(39)32-21)23-29(2,30)22(36)20(15-35)44-23/h3,5-9,11,14,19-20,22-23,35-36H,4,10,12-13,15-16H2,1-2H3,(H,31,41)(H,37,38)(H,32,33,39,40)/b5-3+/t19-,20+,22+,23+,28+,29?/m0/s1. The van der Waals surface area contributed by atoms with Gasteiger partial charge in [-0.05, 0) is 69.4 Å². The summed E-state index contributed by atoms with van der Waals surface area (Å²) >= 11 is 0. The van der Waals surface area contributed by atoms with Crippen molar-refractivity contribution in [2.45, 2.75) is 76.3 Å². The van der Waals surface area contributed by atoms with Crippen molar-refractivity contribution in [3.63, 3.8) is 0 Å². The lowest BCUT2D eigenvalue weighted by Crippen LogP contribution is -2.42. The number of carboxylic acid groups (broad SMARTS) is 1. The Bertz CT molecular complexity index is 1450. The third-order valence-electron chi connectivity index (χ3n) is 7.75. The average molecular weight is 619 g/mol. The third-order valence-corrected chi connectivity index (χ3v) is 7.75. The predicted molar refractivity (Wildman–Crippen MR) is 153 cm³/mol. The molecule has 14 nitrogen and oxygen atoms in total. The number of carboxylic acids is 1. The summed E-state index contributed by atoms with van der Waals surface area (Å²) in [5.74, 6) is -1.04. The van der Waals surface area contributed by atoms with E-state index in [1.54, 1.807) is 37.3 Å². The van der Waals surface area contributed by atoms with Crippen LogP contribution in [0.1, 0.15) is 51.3 Å². The molecule has 2 aromatic rings. The Morgan fingerprint density at radius 1 is 1.14 bits per heavy atom. The summed E-state index contributed by atoms with van der Waals surface area (Å²) in [6, 6.07) is 7.60. The molecule has 1 aromatic heterocycles. The highest BCUT2D eigenvalue weighted by Gasteiger charge is 2.55. The van der Waals surface area contributed by atoms with Crippen LogP contribution in [0.4, 0.5) is 25.5 Å². The van der Waals surface area contributed by atoms with Gasteiger partial charge in [0.1, 0.15) is 30.7 Å². The molecule has 1 aliphatic carbocycles. The molecule has 1 aliphatic heterocycles. The topological polar surface area (TPSA) is 199 Å². The van der Waals surface area contributed by atoms with Crippen molar-refractivity contribution in [3.05, 3.63) is 64.7 Å². The van der Waals surface area contributed by atoms with Crippen molar-refractivity contribution < 1.29 is 48.3 Å². The van der Waals surface area contributed by atoms with Crippen molar-refractivity contribution >= 4 is 29.7 Å². The SMILES string of the molecule is CC1(F)[C@H](O)[C@@H](CO)O[C@H]1n1ccc(NC(=O)OCc2ccc(NC(=O)O[C@H]3/C=C/CC[C@@](C)(C(=O)O)CC3)cc2)nc1=O. The maximum Gasteiger partial charge on any atom is 0.413 e. The molecule has 1 unspecified atom stereocenters. The van der Waals surface area contributed by atoms with E-state index >= 15 is 0 Å². The Labute approximate surface area is 251 Å². The zero-order chi connectivity index (χ0) is 32.1. The summed E-state index contributed by atoms with van der Waals surface area (Å²) in [4.78, 5) is 52.4. The van der Waals surface area contributed by atoms with Crippen LogP contribution in [-0.4, -0.2) is 73.6 Å². The number of hydrogen-bond acceptors (Lipinski definition) is 10. The van der Waals surface area contributed by atoms with Crippen molar-refractivity contribution in [2.24, 2.45) is 5.41 Å². The summed E-state index contributed by atoms with van der Waals surface area (Å²) < 4.78 is 31.7. The van der Waals surface area contributed by atoms with E-state index in [4.69, 9.17) is 14.2 Å². The highest BCUT2D eigenvalue weighted by atomic mass is 19.1. The first kappa shape index (κ1) is 32.6. The Kier molecular flexibility index (Phi) is 10.0. The van der Waals surface area contributed by atoms with Crippen LogP contribution in [-0.2, 0) is 25.6 Å². The molecule has 0 spiro atoms. The number of aliphatic hydroxyl groups is 2. The summed E-state index contributed by atoms with van der Waals surface area (Å²) in [7, 11) is 0. The number of nitrogens with zero attached hydrogens (tertiary/aromatic N) is 2. The average Bonchev–Trinajstić information content (AvgIpc) is 3.20. The van der Waals surface area contributed by atoms with E-state index in [-0.39, 0.29) is 12.4 Å². The van der Waals surface area contributed by atoms with Crippen molar-refractivity contribution in [1.29, 1.82) is 0 Å². The number of amides is 2. The lowest BCUT2D eigenvalue weighted by Gasteiger charge is -2.27. The van der Waals surface area contributed by atoms with Gasteiger partial charge in [-0.15, -0.1) is 0 Å². The Morgan fingerprint density at radius 3 is 2.50 bits per heavy atom. The number of aromatic nitrogens is 2. The number of ether oxygens (including phenoxy) is 3. The van der Waals surface area contributed by atoms with E-state index in [1.165, 1.54) is 6.07 Å². The molecule has 0 bridgehead atoms. The first-order valence-corrected chi connectivity index (χ1v) is 14.0. The van der Waals surface area contributed by atoms with Gasteiger partial charge in [-0.3, -0.25) is 20.0 Å². The van der Waals surface area contributed by atoms with Crippen LogP contribution in [0.3, 0.4) is 0 Å². The van der Waals surface area contributed by atoms with Gasteiger partial charge in [-0.1, -0.05) is 18.2 Å². The maximum absolute atomic E-state index is 15.0. The van der Waals surface area contributed by atoms with Crippen LogP contribution < -0.4 is 16.3 Å². The second-order valence-electron chi connectivity index (χ2n) is 11.1. The maximum atomic E-state index is 15.0. The molecule has 2 aliphatic rings. The molecule has 238 valence electrons. The number of allylic oxidation sites excluding steroid dienone is 1. The molecule has 6 atom stereocenters. The molecule has 4 rings (SSSR count). The number of aliphatic carboxylic acids is 1. The molecule has 1 aromatic carbocycles. The summed E-state index contributed by atoms with van der Waals surface area (Å²) in [5.41, 5.74) is -3.22. The summed E-state index contributed by atoms with van der Waals surface area (Å²) in [5, 5.41) is 33.7. The van der Waals surface area contributed by atoms with Crippen molar-refractivity contribution in [1.82, 2.24) is 9.55 Å². The van der Waals surface area contributed by atoms with Gasteiger partial charge in [-0.2, -0.15) is 4.98 Å². The highest BCUT2D eigenvalue weighted by Crippen LogP contribution is 2.40. The molecule has 1 fully saturated rings. The quantitative estimate of drug-likeness (QED) is 0.272. The van der Waals surface area contributed by atoms with Crippen LogP contribution in [0.5, 0.6) is 0 Å². The number of alkyl halides is 1. The highest BCUT2D eigenvalue weighted by molar-refractivity contribution is 5.85. The Morgan fingerprint density at radius 2 is 1.86 bits per heavy atom. The van der Waals surface area contributed by atoms with E-state index in [0.29, 0.717) is 36.9 Å². The minimum atomic E-state index is -2.38. The molecule has 2 amide bonds. The number of carbonyl (C=O) groups excluding carboxylic acids is 2. The van der Waals surface area contributed by atoms with Gasteiger partial charge in [0.2, 0.25) is 0 Å². The molecular weight excluding hydrogens is 583 g/mol. The van der Waals surface area contributed by atoms with Gasteiger partial charge >= 0.3 is 23.8 Å². The number of carbonyl (C=O) groups is 3. The normalized spacial score (nSPS) is 29.1. The number of anilines is 2. The zero-order valence-electron chi connectivity index (χ0n) is 24.1. The predicted octanol–water partition coefficient (Wildman–Crippen LogP) is 3.11. The monoisotopic (exact) mass is 618 g/mol. The largest absolute Gasteiger partial charge is 0.481 e.